The van der Waals surface area contributed by atoms with Gasteiger partial charge in [-0.15, -0.1) is 0 Å². The van der Waals surface area contributed by atoms with Crippen LogP contribution in [0.15, 0.2) is 18.2 Å². The largest absolute Gasteiger partial charge is 0.364 e. The van der Waals surface area contributed by atoms with E-state index in [-0.39, 0.29) is 0 Å². The van der Waals surface area contributed by atoms with Crippen molar-refractivity contribution in [1.82, 2.24) is 5.32 Å². The average molecular weight is 313 g/mol. The maximum Gasteiger partial charge on any atom is 0.0640 e. The van der Waals surface area contributed by atoms with Crippen molar-refractivity contribution in [1.29, 1.82) is 0 Å². The van der Waals surface area contributed by atoms with Gasteiger partial charge < -0.3 is 10.2 Å². The Labute approximate surface area is 131 Å². The SMILES string of the molecule is CCNC1CC2CCCC(C1)N2c1cc(Cl)ccc1Cl. The number of nitrogens with one attached hydrogen (secondary N) is 1. The number of halogens is 2. The van der Waals surface area contributed by atoms with Crippen LogP contribution >= 0.6 is 23.2 Å². The van der Waals surface area contributed by atoms with Gasteiger partial charge in [0.2, 0.25) is 0 Å². The van der Waals surface area contributed by atoms with Gasteiger partial charge in [0.15, 0.2) is 0 Å². The fourth-order valence-electron chi connectivity index (χ4n) is 3.91. The zero-order valence-electron chi connectivity index (χ0n) is 11.9. The van der Waals surface area contributed by atoms with Crippen LogP contribution in [0.2, 0.25) is 10.0 Å². The lowest BCUT2D eigenvalue weighted by molar-refractivity contribution is 0.247. The lowest BCUT2D eigenvalue weighted by Gasteiger charge is -2.50. The Morgan fingerprint density at radius 1 is 1.20 bits per heavy atom. The van der Waals surface area contributed by atoms with Crippen molar-refractivity contribution < 1.29 is 0 Å². The number of anilines is 1. The summed E-state index contributed by atoms with van der Waals surface area (Å²) in [5.41, 5.74) is 1.13. The molecule has 2 fully saturated rings. The molecule has 20 heavy (non-hydrogen) atoms. The summed E-state index contributed by atoms with van der Waals surface area (Å²) >= 11 is 12.6. The standard InChI is InChI=1S/C16H22Cl2N2/c1-2-19-12-9-13-4-3-5-14(10-12)20(13)16-8-11(17)6-7-15(16)18/h6-8,12-14,19H,2-5,9-10H2,1H3. The average Bonchev–Trinajstić information content (AvgIpc) is 2.41. The summed E-state index contributed by atoms with van der Waals surface area (Å²) < 4.78 is 0. The highest BCUT2D eigenvalue weighted by molar-refractivity contribution is 6.35. The molecule has 2 unspecified atom stereocenters. The molecule has 110 valence electrons. The third-order valence-electron chi connectivity index (χ3n) is 4.65. The first-order chi connectivity index (χ1) is 9.69. The molecule has 0 amide bonds. The van der Waals surface area contributed by atoms with Crippen LogP contribution in [0.25, 0.3) is 0 Å². The van der Waals surface area contributed by atoms with Gasteiger partial charge in [0, 0.05) is 23.1 Å². The van der Waals surface area contributed by atoms with E-state index in [9.17, 15) is 0 Å². The summed E-state index contributed by atoms with van der Waals surface area (Å²) in [6, 6.07) is 7.68. The minimum absolute atomic E-state index is 0.600. The third kappa shape index (κ3) is 2.79. The van der Waals surface area contributed by atoms with Gasteiger partial charge in [0.1, 0.15) is 0 Å². The van der Waals surface area contributed by atoms with E-state index in [1.807, 2.05) is 18.2 Å². The summed E-state index contributed by atoms with van der Waals surface area (Å²) in [5, 5.41) is 5.23. The fraction of sp³-hybridized carbons (Fsp3) is 0.625. The minimum Gasteiger partial charge on any atom is -0.364 e. The molecule has 0 spiro atoms. The molecule has 4 heteroatoms. The van der Waals surface area contributed by atoms with Gasteiger partial charge in [-0.1, -0.05) is 30.1 Å². The molecular formula is C16H22Cl2N2. The molecule has 1 N–H and O–H groups in total. The van der Waals surface area contributed by atoms with E-state index in [1.54, 1.807) is 0 Å². The van der Waals surface area contributed by atoms with Crippen LogP contribution in [0.1, 0.15) is 39.0 Å². The predicted molar refractivity (Wildman–Crippen MR) is 87.1 cm³/mol. The summed E-state index contributed by atoms with van der Waals surface area (Å²) in [7, 11) is 0. The molecule has 1 aromatic carbocycles. The van der Waals surface area contributed by atoms with Gasteiger partial charge in [-0.05, 0) is 56.8 Å². The predicted octanol–water partition coefficient (Wildman–Crippen LogP) is 4.49. The normalized spacial score (nSPS) is 29.6. The molecule has 2 heterocycles. The Balaban J connectivity index is 1.88. The highest BCUT2D eigenvalue weighted by atomic mass is 35.5. The van der Waals surface area contributed by atoms with Gasteiger partial charge in [-0.3, -0.25) is 0 Å². The van der Waals surface area contributed by atoms with Crippen molar-refractivity contribution in [2.45, 2.75) is 57.2 Å². The molecule has 2 nitrogen and oxygen atoms in total. The number of hydrogen-bond donors (Lipinski definition) is 1. The quantitative estimate of drug-likeness (QED) is 0.884. The van der Waals surface area contributed by atoms with E-state index in [2.05, 4.69) is 17.1 Å². The van der Waals surface area contributed by atoms with Crippen molar-refractivity contribution in [3.8, 4) is 0 Å². The minimum atomic E-state index is 0.600. The smallest absolute Gasteiger partial charge is 0.0640 e. The Morgan fingerprint density at radius 3 is 2.55 bits per heavy atom. The van der Waals surface area contributed by atoms with E-state index in [0.717, 1.165) is 22.3 Å². The number of hydrogen-bond acceptors (Lipinski definition) is 2. The molecule has 1 aromatic rings. The van der Waals surface area contributed by atoms with Crippen LogP contribution < -0.4 is 10.2 Å². The molecule has 2 aliphatic rings. The van der Waals surface area contributed by atoms with Gasteiger partial charge >= 0.3 is 0 Å². The number of benzene rings is 1. The molecular weight excluding hydrogens is 291 g/mol. The summed E-state index contributed by atoms with van der Waals surface area (Å²) in [6.45, 7) is 3.25. The highest BCUT2D eigenvalue weighted by Gasteiger charge is 2.38. The van der Waals surface area contributed by atoms with E-state index in [4.69, 9.17) is 23.2 Å². The van der Waals surface area contributed by atoms with E-state index < -0.39 is 0 Å². The number of piperidine rings is 2. The molecule has 3 rings (SSSR count). The summed E-state index contributed by atoms with van der Waals surface area (Å²) in [4.78, 5) is 2.55. The summed E-state index contributed by atoms with van der Waals surface area (Å²) in [5.74, 6) is 0. The maximum atomic E-state index is 6.42. The van der Waals surface area contributed by atoms with Crippen molar-refractivity contribution >= 4 is 28.9 Å². The first kappa shape index (κ1) is 14.5. The van der Waals surface area contributed by atoms with Crippen LogP contribution in [0.4, 0.5) is 5.69 Å². The van der Waals surface area contributed by atoms with E-state index in [1.165, 1.54) is 32.1 Å². The van der Waals surface area contributed by atoms with Crippen molar-refractivity contribution in [3.63, 3.8) is 0 Å². The Morgan fingerprint density at radius 2 is 1.90 bits per heavy atom. The Bertz CT molecular complexity index is 464. The maximum absolute atomic E-state index is 6.42. The monoisotopic (exact) mass is 312 g/mol. The lowest BCUT2D eigenvalue weighted by atomic mass is 9.81. The molecule has 0 aliphatic carbocycles. The van der Waals surface area contributed by atoms with Gasteiger partial charge in [-0.2, -0.15) is 0 Å². The fourth-order valence-corrected chi connectivity index (χ4v) is 4.30. The van der Waals surface area contributed by atoms with Crippen molar-refractivity contribution in [2.24, 2.45) is 0 Å². The Kier molecular flexibility index (Phi) is 4.44. The molecule has 0 radical (unpaired) electrons. The van der Waals surface area contributed by atoms with Crippen LogP contribution in [-0.2, 0) is 0 Å². The van der Waals surface area contributed by atoms with Crippen LogP contribution in [0.5, 0.6) is 0 Å². The zero-order chi connectivity index (χ0) is 14.1. The second-order valence-corrected chi connectivity index (χ2v) is 6.81. The molecule has 2 aliphatic heterocycles. The van der Waals surface area contributed by atoms with Crippen molar-refractivity contribution in [3.05, 3.63) is 28.2 Å². The van der Waals surface area contributed by atoms with E-state index in [0.29, 0.717) is 18.1 Å². The molecule has 2 saturated heterocycles. The number of fused-ring (bicyclic) bond motifs is 2. The topological polar surface area (TPSA) is 15.3 Å². The van der Waals surface area contributed by atoms with Crippen LogP contribution in [0, 0.1) is 0 Å². The van der Waals surface area contributed by atoms with Gasteiger partial charge in [0.05, 0.1) is 10.7 Å². The van der Waals surface area contributed by atoms with Gasteiger partial charge in [0.25, 0.3) is 0 Å². The molecule has 0 aromatic heterocycles. The highest BCUT2D eigenvalue weighted by Crippen LogP contribution is 2.41. The summed E-state index contributed by atoms with van der Waals surface area (Å²) in [6.07, 6.45) is 6.30. The first-order valence-electron chi connectivity index (χ1n) is 7.65. The van der Waals surface area contributed by atoms with E-state index >= 15 is 0 Å². The zero-order valence-corrected chi connectivity index (χ0v) is 13.4. The molecule has 2 atom stereocenters. The van der Waals surface area contributed by atoms with Crippen molar-refractivity contribution in [2.75, 3.05) is 11.4 Å². The van der Waals surface area contributed by atoms with Crippen LogP contribution in [-0.4, -0.2) is 24.7 Å². The second kappa shape index (κ2) is 6.13. The first-order valence-corrected chi connectivity index (χ1v) is 8.41. The lowest BCUT2D eigenvalue weighted by Crippen LogP contribution is -2.56. The molecule has 2 bridgehead atoms. The Hall–Kier alpha value is -0.440. The number of nitrogens with zero attached hydrogens (tertiary/aromatic N) is 1. The third-order valence-corrected chi connectivity index (χ3v) is 5.21. The van der Waals surface area contributed by atoms with Crippen LogP contribution in [0.3, 0.4) is 0 Å². The molecule has 0 saturated carbocycles. The number of rotatable bonds is 3. The van der Waals surface area contributed by atoms with Gasteiger partial charge in [-0.25, -0.2) is 0 Å². The second-order valence-electron chi connectivity index (χ2n) is 5.97.